The number of carbonyl (C=O) groups is 1. The van der Waals surface area contributed by atoms with Crippen LogP contribution in [0.3, 0.4) is 0 Å². The van der Waals surface area contributed by atoms with Crippen molar-refractivity contribution in [3.05, 3.63) is 34.3 Å². The molecule has 1 saturated heterocycles. The molecule has 5 heteroatoms. The predicted molar refractivity (Wildman–Crippen MR) is 90.9 cm³/mol. The third-order valence-electron chi connectivity index (χ3n) is 4.56. The molecule has 116 valence electrons. The molecule has 1 aromatic rings. The van der Waals surface area contributed by atoms with Gasteiger partial charge in [-0.25, -0.2) is 0 Å². The van der Waals surface area contributed by atoms with E-state index in [1.165, 1.54) is 18.4 Å². The maximum Gasteiger partial charge on any atom is 0.224 e. The summed E-state index contributed by atoms with van der Waals surface area (Å²) in [7, 11) is 0. The molecule has 1 saturated carbocycles. The van der Waals surface area contributed by atoms with Gasteiger partial charge in [0.1, 0.15) is 0 Å². The summed E-state index contributed by atoms with van der Waals surface area (Å²) in [6.45, 7) is 2.65. The highest BCUT2D eigenvalue weighted by Gasteiger charge is 2.44. The molecular formula is C16H22BrClN2O. The lowest BCUT2D eigenvalue weighted by atomic mass is 9.94. The lowest BCUT2D eigenvalue weighted by Gasteiger charge is -2.24. The zero-order valence-corrected chi connectivity index (χ0v) is 14.4. The summed E-state index contributed by atoms with van der Waals surface area (Å²) >= 11 is 3.53. The van der Waals surface area contributed by atoms with E-state index in [1.807, 2.05) is 6.07 Å². The maximum absolute atomic E-state index is 12.2. The second-order valence-electron chi connectivity index (χ2n) is 6.05. The number of amides is 1. The normalized spacial score (nSPS) is 23.0. The molecule has 1 heterocycles. The molecule has 0 radical (unpaired) electrons. The van der Waals surface area contributed by atoms with Crippen LogP contribution in [0.1, 0.15) is 31.2 Å². The Morgan fingerprint density at radius 2 is 2.24 bits per heavy atom. The van der Waals surface area contributed by atoms with E-state index >= 15 is 0 Å². The molecule has 3 nitrogen and oxygen atoms in total. The molecule has 1 atom stereocenters. The molecule has 21 heavy (non-hydrogen) atoms. The van der Waals surface area contributed by atoms with E-state index in [4.69, 9.17) is 0 Å². The number of carbonyl (C=O) groups excluding carboxylic acids is 1. The quantitative estimate of drug-likeness (QED) is 0.852. The Hall–Kier alpha value is -0.580. The summed E-state index contributed by atoms with van der Waals surface area (Å²) in [5.74, 6) is 0.375. The third-order valence-corrected chi connectivity index (χ3v) is 5.05. The van der Waals surface area contributed by atoms with Crippen LogP contribution in [0.2, 0.25) is 0 Å². The van der Waals surface area contributed by atoms with Crippen molar-refractivity contribution in [2.75, 3.05) is 19.6 Å². The Balaban J connectivity index is 0.00000161. The third kappa shape index (κ3) is 3.99. The van der Waals surface area contributed by atoms with Gasteiger partial charge in [-0.3, -0.25) is 4.79 Å². The largest absolute Gasteiger partial charge is 0.355 e. The minimum atomic E-state index is 0. The van der Waals surface area contributed by atoms with E-state index in [1.54, 1.807) is 0 Å². The van der Waals surface area contributed by atoms with Gasteiger partial charge in [0.25, 0.3) is 0 Å². The zero-order chi connectivity index (χ0) is 14.0. The average molecular weight is 374 g/mol. The standard InChI is InChI=1S/C16H21BrN2O.ClH/c17-14-5-1-4-13(9-14)16(6-7-16)11-19-15(20)12-3-2-8-18-10-12;/h1,4-5,9,12,18H,2-3,6-8,10-11H2,(H,19,20);1H. The van der Waals surface area contributed by atoms with Crippen molar-refractivity contribution in [1.29, 1.82) is 0 Å². The van der Waals surface area contributed by atoms with E-state index in [-0.39, 0.29) is 29.6 Å². The fourth-order valence-electron chi connectivity index (χ4n) is 3.01. The molecule has 0 bridgehead atoms. The van der Waals surface area contributed by atoms with E-state index in [0.29, 0.717) is 0 Å². The molecule has 0 aromatic heterocycles. The number of benzene rings is 1. The van der Waals surface area contributed by atoms with Gasteiger partial charge in [-0.05, 0) is 49.9 Å². The van der Waals surface area contributed by atoms with Crippen LogP contribution in [0.5, 0.6) is 0 Å². The lowest BCUT2D eigenvalue weighted by Crippen LogP contribution is -2.42. The van der Waals surface area contributed by atoms with E-state index in [2.05, 4.69) is 44.8 Å². The number of nitrogens with one attached hydrogen (secondary N) is 2. The second kappa shape index (κ2) is 7.12. The molecule has 1 amide bonds. The molecule has 1 unspecified atom stereocenters. The van der Waals surface area contributed by atoms with Crippen molar-refractivity contribution in [2.45, 2.75) is 31.1 Å². The van der Waals surface area contributed by atoms with Gasteiger partial charge in [0, 0.05) is 23.0 Å². The molecule has 1 aliphatic carbocycles. The Labute approximate surface area is 140 Å². The Morgan fingerprint density at radius 3 is 2.86 bits per heavy atom. The first-order valence-corrected chi connectivity index (χ1v) is 8.23. The number of rotatable bonds is 4. The average Bonchev–Trinajstić information content (AvgIpc) is 3.27. The monoisotopic (exact) mass is 372 g/mol. The molecule has 3 rings (SSSR count). The highest BCUT2D eigenvalue weighted by atomic mass is 79.9. The molecule has 0 spiro atoms. The van der Waals surface area contributed by atoms with Gasteiger partial charge in [-0.1, -0.05) is 28.1 Å². The van der Waals surface area contributed by atoms with Crippen molar-refractivity contribution >= 4 is 34.2 Å². The highest BCUT2D eigenvalue weighted by molar-refractivity contribution is 9.10. The van der Waals surface area contributed by atoms with Crippen LogP contribution in [-0.4, -0.2) is 25.5 Å². The van der Waals surface area contributed by atoms with Crippen LogP contribution < -0.4 is 10.6 Å². The maximum atomic E-state index is 12.2. The highest BCUT2D eigenvalue weighted by Crippen LogP contribution is 2.48. The van der Waals surface area contributed by atoms with E-state index < -0.39 is 0 Å². The van der Waals surface area contributed by atoms with Gasteiger partial charge < -0.3 is 10.6 Å². The summed E-state index contributed by atoms with van der Waals surface area (Å²) in [5, 5.41) is 6.48. The van der Waals surface area contributed by atoms with Crippen LogP contribution in [0.4, 0.5) is 0 Å². The topological polar surface area (TPSA) is 41.1 Å². The lowest BCUT2D eigenvalue weighted by molar-refractivity contribution is -0.125. The van der Waals surface area contributed by atoms with Crippen molar-refractivity contribution < 1.29 is 4.79 Å². The minimum Gasteiger partial charge on any atom is -0.355 e. The van der Waals surface area contributed by atoms with Crippen molar-refractivity contribution in [3.63, 3.8) is 0 Å². The summed E-state index contributed by atoms with van der Waals surface area (Å²) in [6.07, 6.45) is 4.47. The van der Waals surface area contributed by atoms with Crippen molar-refractivity contribution in [2.24, 2.45) is 5.92 Å². The minimum absolute atomic E-state index is 0. The molecule has 1 aliphatic heterocycles. The second-order valence-corrected chi connectivity index (χ2v) is 6.97. The number of hydrogen-bond acceptors (Lipinski definition) is 2. The first-order valence-electron chi connectivity index (χ1n) is 7.44. The van der Waals surface area contributed by atoms with Crippen LogP contribution in [0.25, 0.3) is 0 Å². The molecule has 1 aromatic carbocycles. The summed E-state index contributed by atoms with van der Waals surface area (Å²) in [5.41, 5.74) is 1.52. The van der Waals surface area contributed by atoms with Crippen LogP contribution in [0.15, 0.2) is 28.7 Å². The molecular weight excluding hydrogens is 352 g/mol. The van der Waals surface area contributed by atoms with Gasteiger partial charge in [-0.15, -0.1) is 12.4 Å². The summed E-state index contributed by atoms with van der Waals surface area (Å²) < 4.78 is 1.11. The Kier molecular flexibility index (Phi) is 5.69. The Bertz CT molecular complexity index is 499. The van der Waals surface area contributed by atoms with E-state index in [0.717, 1.165) is 36.9 Å². The fourth-order valence-corrected chi connectivity index (χ4v) is 3.41. The number of halogens is 2. The smallest absolute Gasteiger partial charge is 0.224 e. The number of piperidine rings is 1. The summed E-state index contributed by atoms with van der Waals surface area (Å²) in [4.78, 5) is 12.2. The Morgan fingerprint density at radius 1 is 1.43 bits per heavy atom. The fraction of sp³-hybridized carbons (Fsp3) is 0.562. The van der Waals surface area contributed by atoms with Gasteiger partial charge in [0.05, 0.1) is 5.92 Å². The van der Waals surface area contributed by atoms with Crippen LogP contribution in [-0.2, 0) is 10.2 Å². The first-order chi connectivity index (χ1) is 9.70. The predicted octanol–water partition coefficient (Wildman–Crippen LogP) is 3.02. The molecule has 2 N–H and O–H groups in total. The number of hydrogen-bond donors (Lipinski definition) is 2. The van der Waals surface area contributed by atoms with E-state index in [9.17, 15) is 4.79 Å². The van der Waals surface area contributed by atoms with Gasteiger partial charge >= 0.3 is 0 Å². The molecule has 2 fully saturated rings. The van der Waals surface area contributed by atoms with Crippen molar-refractivity contribution in [1.82, 2.24) is 10.6 Å². The summed E-state index contributed by atoms with van der Waals surface area (Å²) in [6, 6.07) is 8.48. The SMILES string of the molecule is Cl.O=C(NCC1(c2cccc(Br)c2)CC1)C1CCCNC1. The first kappa shape index (κ1) is 16.8. The van der Waals surface area contributed by atoms with Crippen LogP contribution >= 0.6 is 28.3 Å². The zero-order valence-electron chi connectivity index (χ0n) is 12.0. The van der Waals surface area contributed by atoms with Crippen LogP contribution in [0, 0.1) is 5.92 Å². The van der Waals surface area contributed by atoms with Gasteiger partial charge in [-0.2, -0.15) is 0 Å². The van der Waals surface area contributed by atoms with Gasteiger partial charge in [0.15, 0.2) is 0 Å². The molecule has 2 aliphatic rings. The van der Waals surface area contributed by atoms with Crippen molar-refractivity contribution in [3.8, 4) is 0 Å². The van der Waals surface area contributed by atoms with Gasteiger partial charge in [0.2, 0.25) is 5.91 Å².